The van der Waals surface area contributed by atoms with E-state index in [1.165, 1.54) is 23.3 Å². The Morgan fingerprint density at radius 2 is 1.71 bits per heavy atom. The molecule has 35 heavy (non-hydrogen) atoms. The van der Waals surface area contributed by atoms with Crippen molar-refractivity contribution in [3.05, 3.63) is 88.5 Å². The molecule has 0 spiro atoms. The Bertz CT molecular complexity index is 1210. The molecule has 2 aliphatic rings. The van der Waals surface area contributed by atoms with Crippen molar-refractivity contribution in [3.63, 3.8) is 0 Å². The second kappa shape index (κ2) is 9.98. The Morgan fingerprint density at radius 1 is 0.943 bits per heavy atom. The first-order valence-corrected chi connectivity index (χ1v) is 12.0. The molecule has 7 heteroatoms. The van der Waals surface area contributed by atoms with Crippen LogP contribution >= 0.6 is 0 Å². The van der Waals surface area contributed by atoms with Gasteiger partial charge in [0.05, 0.1) is 0 Å². The van der Waals surface area contributed by atoms with Crippen molar-refractivity contribution in [2.75, 3.05) is 33.2 Å². The summed E-state index contributed by atoms with van der Waals surface area (Å²) >= 11 is 0. The van der Waals surface area contributed by atoms with Gasteiger partial charge in [0.2, 0.25) is 0 Å². The van der Waals surface area contributed by atoms with Gasteiger partial charge in [-0.2, -0.15) is 0 Å². The van der Waals surface area contributed by atoms with E-state index < -0.39 is 0 Å². The van der Waals surface area contributed by atoms with Crippen LogP contribution in [0.4, 0.5) is 0 Å². The molecule has 7 nitrogen and oxygen atoms in total. The molecule has 1 amide bonds. The van der Waals surface area contributed by atoms with Crippen LogP contribution in [-0.4, -0.2) is 64.0 Å². The fourth-order valence-electron chi connectivity index (χ4n) is 4.84. The maximum absolute atomic E-state index is 13.6. The summed E-state index contributed by atoms with van der Waals surface area (Å²) in [5, 5.41) is 20.7. The molecule has 0 aliphatic carbocycles. The molecule has 1 saturated heterocycles. The largest absolute Gasteiger partial charge is 0.508 e. The topological polar surface area (TPSA) is 76.5 Å². The first-order chi connectivity index (χ1) is 17.0. The van der Waals surface area contributed by atoms with Gasteiger partial charge in [-0.1, -0.05) is 48.5 Å². The maximum Gasteiger partial charge on any atom is 0.262 e. The van der Waals surface area contributed by atoms with Gasteiger partial charge in [-0.15, -0.1) is 0 Å². The molecule has 0 bridgehead atoms. The first-order valence-electron chi connectivity index (χ1n) is 12.0. The van der Waals surface area contributed by atoms with E-state index in [1.807, 2.05) is 30.3 Å². The quantitative estimate of drug-likeness (QED) is 0.570. The molecule has 2 heterocycles. The van der Waals surface area contributed by atoms with Gasteiger partial charge >= 0.3 is 0 Å². The lowest BCUT2D eigenvalue weighted by Crippen LogP contribution is -2.44. The lowest BCUT2D eigenvalue weighted by atomic mass is 10.0. The average molecular weight is 474 g/mol. The van der Waals surface area contributed by atoms with E-state index in [-0.39, 0.29) is 35.3 Å². The average Bonchev–Trinajstić information content (AvgIpc) is 3.30. The van der Waals surface area contributed by atoms with Crippen LogP contribution in [0.3, 0.4) is 0 Å². The maximum atomic E-state index is 13.6. The van der Waals surface area contributed by atoms with E-state index in [0.29, 0.717) is 13.1 Å². The molecule has 182 valence electrons. The number of carbonyl (C=O) groups is 1. The summed E-state index contributed by atoms with van der Waals surface area (Å²) in [5.41, 5.74) is 4.57. The standard InChI is InChI=1S/C28H31N3O4/c1-29-10-12-30(13-11-29)16-21-8-5-9-22-17-31(18-24(21)22)28(34)27-25(33)14-23(32)15-26(27)35-19-20-6-3-2-4-7-20/h2-9,14-15,32-33H,10-13,16-19H2,1H3. The smallest absolute Gasteiger partial charge is 0.262 e. The molecule has 0 unspecified atom stereocenters. The number of phenolic OH excluding ortho intramolecular Hbond substituents is 2. The zero-order valence-electron chi connectivity index (χ0n) is 20.0. The van der Waals surface area contributed by atoms with E-state index in [2.05, 4.69) is 35.0 Å². The number of hydrogen-bond donors (Lipinski definition) is 2. The summed E-state index contributed by atoms with van der Waals surface area (Å²) in [6.07, 6.45) is 0. The molecule has 3 aromatic carbocycles. The number of nitrogens with zero attached hydrogens (tertiary/aromatic N) is 3. The van der Waals surface area contributed by atoms with Gasteiger partial charge in [0, 0.05) is 57.9 Å². The fourth-order valence-corrected chi connectivity index (χ4v) is 4.84. The van der Waals surface area contributed by atoms with Crippen molar-refractivity contribution in [1.82, 2.24) is 14.7 Å². The number of rotatable bonds is 6. The van der Waals surface area contributed by atoms with Gasteiger partial charge in [-0.25, -0.2) is 0 Å². The third-order valence-corrected chi connectivity index (χ3v) is 6.87. The molecule has 0 radical (unpaired) electrons. The number of aromatic hydroxyl groups is 2. The number of ether oxygens (including phenoxy) is 1. The molecule has 0 atom stereocenters. The molecule has 0 saturated carbocycles. The number of fused-ring (bicyclic) bond motifs is 1. The minimum atomic E-state index is -0.313. The molecular formula is C28H31N3O4. The van der Waals surface area contributed by atoms with Crippen molar-refractivity contribution in [3.8, 4) is 17.2 Å². The van der Waals surface area contributed by atoms with Crippen molar-refractivity contribution < 1.29 is 19.7 Å². The van der Waals surface area contributed by atoms with Crippen LogP contribution in [-0.2, 0) is 26.2 Å². The normalized spacial score (nSPS) is 16.3. The highest BCUT2D eigenvalue weighted by Gasteiger charge is 2.30. The zero-order valence-corrected chi connectivity index (χ0v) is 20.0. The van der Waals surface area contributed by atoms with Crippen LogP contribution in [0, 0.1) is 0 Å². The minimum Gasteiger partial charge on any atom is -0.508 e. The molecule has 5 rings (SSSR count). The monoisotopic (exact) mass is 473 g/mol. The third-order valence-electron chi connectivity index (χ3n) is 6.87. The van der Waals surface area contributed by atoms with Gasteiger partial charge in [0.25, 0.3) is 5.91 Å². The van der Waals surface area contributed by atoms with Crippen LogP contribution in [0.25, 0.3) is 0 Å². The minimum absolute atomic E-state index is 0.0761. The van der Waals surface area contributed by atoms with E-state index in [0.717, 1.165) is 43.9 Å². The van der Waals surface area contributed by atoms with E-state index >= 15 is 0 Å². The SMILES string of the molecule is CN1CCN(Cc2cccc3c2CN(C(=O)c2c(O)cc(O)cc2OCc2ccccc2)C3)CC1. The van der Waals surface area contributed by atoms with Crippen LogP contribution in [0.2, 0.25) is 0 Å². The molecule has 3 aromatic rings. The van der Waals surface area contributed by atoms with Gasteiger partial charge < -0.3 is 24.7 Å². The van der Waals surface area contributed by atoms with Gasteiger partial charge in [0.1, 0.15) is 29.4 Å². The Kier molecular flexibility index (Phi) is 6.61. The van der Waals surface area contributed by atoms with Gasteiger partial charge in [-0.05, 0) is 29.3 Å². The summed E-state index contributed by atoms with van der Waals surface area (Å²) in [7, 11) is 2.15. The lowest BCUT2D eigenvalue weighted by molar-refractivity contribution is 0.0742. The number of likely N-dealkylation sites (N-methyl/N-ethyl adjacent to an activating group) is 1. The molecule has 2 N–H and O–H groups in total. The summed E-state index contributed by atoms with van der Waals surface area (Å²) in [4.78, 5) is 20.1. The van der Waals surface area contributed by atoms with E-state index in [1.54, 1.807) is 4.90 Å². The number of benzene rings is 3. The van der Waals surface area contributed by atoms with Gasteiger partial charge in [0.15, 0.2) is 0 Å². The molecular weight excluding hydrogens is 442 g/mol. The summed E-state index contributed by atoms with van der Waals surface area (Å²) in [6, 6.07) is 18.4. The predicted molar refractivity (Wildman–Crippen MR) is 133 cm³/mol. The Balaban J connectivity index is 1.35. The number of piperazine rings is 1. The Hall–Kier alpha value is -3.55. The van der Waals surface area contributed by atoms with Gasteiger partial charge in [-0.3, -0.25) is 9.69 Å². The third kappa shape index (κ3) is 5.11. The summed E-state index contributed by atoms with van der Waals surface area (Å²) in [5.74, 6) is -0.578. The predicted octanol–water partition coefficient (Wildman–Crippen LogP) is 3.58. The van der Waals surface area contributed by atoms with Crippen molar-refractivity contribution in [2.24, 2.45) is 0 Å². The molecule has 1 fully saturated rings. The second-order valence-electron chi connectivity index (χ2n) is 9.41. The summed E-state index contributed by atoms with van der Waals surface area (Å²) in [6.45, 7) is 6.24. The van der Waals surface area contributed by atoms with Crippen LogP contribution in [0.1, 0.15) is 32.6 Å². The highest BCUT2D eigenvalue weighted by molar-refractivity contribution is 6.00. The van der Waals surface area contributed by atoms with Crippen molar-refractivity contribution >= 4 is 5.91 Å². The lowest BCUT2D eigenvalue weighted by Gasteiger charge is -2.32. The molecule has 0 aromatic heterocycles. The summed E-state index contributed by atoms with van der Waals surface area (Å²) < 4.78 is 5.90. The van der Waals surface area contributed by atoms with Crippen molar-refractivity contribution in [1.29, 1.82) is 0 Å². The zero-order chi connectivity index (χ0) is 24.4. The van der Waals surface area contributed by atoms with Crippen LogP contribution in [0.15, 0.2) is 60.7 Å². The fraction of sp³-hybridized carbons (Fsp3) is 0.321. The highest BCUT2D eigenvalue weighted by Crippen LogP contribution is 2.37. The first kappa shape index (κ1) is 23.2. The molecule has 2 aliphatic heterocycles. The number of phenols is 2. The number of carbonyl (C=O) groups excluding carboxylic acids is 1. The number of hydrogen-bond acceptors (Lipinski definition) is 6. The number of amides is 1. The van der Waals surface area contributed by atoms with E-state index in [9.17, 15) is 15.0 Å². The Morgan fingerprint density at radius 3 is 2.49 bits per heavy atom. The van der Waals surface area contributed by atoms with Crippen LogP contribution in [0.5, 0.6) is 17.2 Å². The van der Waals surface area contributed by atoms with E-state index in [4.69, 9.17) is 4.74 Å². The Labute approximate surface area is 205 Å². The second-order valence-corrected chi connectivity index (χ2v) is 9.41. The van der Waals surface area contributed by atoms with Crippen molar-refractivity contribution in [2.45, 2.75) is 26.2 Å². The highest BCUT2D eigenvalue weighted by atomic mass is 16.5. The van der Waals surface area contributed by atoms with Crippen LogP contribution < -0.4 is 4.74 Å².